The third kappa shape index (κ3) is 4.15. The fourth-order valence-electron chi connectivity index (χ4n) is 5.09. The SMILES string of the molecule is Cl.O=C(NC1CC2CCC(C1)N2)C1(Cc2cccc(Cl)c2)CCCC1. The summed E-state index contributed by atoms with van der Waals surface area (Å²) in [6.07, 6.45) is 9.86. The van der Waals surface area contributed by atoms with E-state index >= 15 is 0 Å². The molecular formula is C20H28Cl2N2O. The molecule has 1 aliphatic carbocycles. The number of piperidine rings is 1. The van der Waals surface area contributed by atoms with Crippen LogP contribution < -0.4 is 10.6 Å². The van der Waals surface area contributed by atoms with E-state index in [0.717, 1.165) is 50.0 Å². The average Bonchev–Trinajstić information content (AvgIpc) is 3.15. The van der Waals surface area contributed by atoms with E-state index in [9.17, 15) is 4.79 Å². The molecule has 0 spiro atoms. The molecule has 0 radical (unpaired) electrons. The van der Waals surface area contributed by atoms with Gasteiger partial charge in [-0.15, -0.1) is 12.4 Å². The maximum absolute atomic E-state index is 13.2. The molecule has 3 aliphatic rings. The molecule has 2 unspecified atom stereocenters. The topological polar surface area (TPSA) is 41.1 Å². The first kappa shape index (κ1) is 19.0. The second-order valence-corrected chi connectivity index (χ2v) is 8.51. The van der Waals surface area contributed by atoms with Crippen molar-refractivity contribution in [1.29, 1.82) is 0 Å². The quantitative estimate of drug-likeness (QED) is 0.816. The highest BCUT2D eigenvalue weighted by molar-refractivity contribution is 6.30. The highest BCUT2D eigenvalue weighted by Crippen LogP contribution is 2.42. The molecule has 0 aromatic heterocycles. The van der Waals surface area contributed by atoms with Crippen LogP contribution in [0.15, 0.2) is 24.3 Å². The molecule has 2 saturated heterocycles. The van der Waals surface area contributed by atoms with Crippen LogP contribution in [-0.4, -0.2) is 24.0 Å². The molecule has 2 heterocycles. The van der Waals surface area contributed by atoms with Gasteiger partial charge in [0.15, 0.2) is 0 Å². The van der Waals surface area contributed by atoms with Gasteiger partial charge in [-0.25, -0.2) is 0 Å². The number of halogens is 2. The molecule has 1 saturated carbocycles. The van der Waals surface area contributed by atoms with E-state index < -0.39 is 0 Å². The number of hydrogen-bond donors (Lipinski definition) is 2. The molecule has 5 heteroatoms. The predicted octanol–water partition coefficient (Wildman–Crippen LogP) is 4.26. The van der Waals surface area contributed by atoms with Crippen molar-refractivity contribution in [2.24, 2.45) is 5.41 Å². The van der Waals surface area contributed by atoms with Gasteiger partial charge in [-0.1, -0.05) is 36.6 Å². The lowest BCUT2D eigenvalue weighted by Gasteiger charge is -2.34. The minimum Gasteiger partial charge on any atom is -0.353 e. The summed E-state index contributed by atoms with van der Waals surface area (Å²) in [6, 6.07) is 9.58. The summed E-state index contributed by atoms with van der Waals surface area (Å²) in [5, 5.41) is 7.84. The van der Waals surface area contributed by atoms with Crippen LogP contribution in [0, 0.1) is 5.41 Å². The molecule has 3 nitrogen and oxygen atoms in total. The van der Waals surface area contributed by atoms with Crippen molar-refractivity contribution in [3.63, 3.8) is 0 Å². The average molecular weight is 383 g/mol. The van der Waals surface area contributed by atoms with Crippen molar-refractivity contribution in [2.75, 3.05) is 0 Å². The fourth-order valence-corrected chi connectivity index (χ4v) is 5.30. The number of carbonyl (C=O) groups excluding carboxylic acids is 1. The second kappa shape index (κ2) is 7.85. The Morgan fingerprint density at radius 1 is 1.20 bits per heavy atom. The van der Waals surface area contributed by atoms with Crippen LogP contribution in [0.5, 0.6) is 0 Å². The zero-order valence-corrected chi connectivity index (χ0v) is 16.2. The molecule has 2 atom stereocenters. The lowest BCUT2D eigenvalue weighted by Crippen LogP contribution is -2.51. The molecule has 1 aromatic carbocycles. The zero-order chi connectivity index (χ0) is 16.6. The van der Waals surface area contributed by atoms with Gasteiger partial charge in [0.1, 0.15) is 0 Å². The Kier molecular flexibility index (Phi) is 5.97. The Labute approximate surface area is 161 Å². The Bertz CT molecular complexity index is 603. The Balaban J connectivity index is 0.00000182. The number of fused-ring (bicyclic) bond motifs is 2. The van der Waals surface area contributed by atoms with Crippen LogP contribution in [0.1, 0.15) is 56.9 Å². The summed E-state index contributed by atoms with van der Waals surface area (Å²) in [6.45, 7) is 0. The lowest BCUT2D eigenvalue weighted by atomic mass is 9.78. The van der Waals surface area contributed by atoms with Crippen LogP contribution in [-0.2, 0) is 11.2 Å². The predicted molar refractivity (Wildman–Crippen MR) is 104 cm³/mol. The van der Waals surface area contributed by atoms with Gasteiger partial charge < -0.3 is 10.6 Å². The van der Waals surface area contributed by atoms with Gasteiger partial charge in [-0.3, -0.25) is 4.79 Å². The van der Waals surface area contributed by atoms with Gasteiger partial charge in [0.25, 0.3) is 0 Å². The van der Waals surface area contributed by atoms with Crippen molar-refractivity contribution < 1.29 is 4.79 Å². The van der Waals surface area contributed by atoms with Crippen LogP contribution in [0.25, 0.3) is 0 Å². The monoisotopic (exact) mass is 382 g/mol. The first-order valence-corrected chi connectivity index (χ1v) is 9.82. The van der Waals surface area contributed by atoms with Crippen LogP contribution in [0.2, 0.25) is 5.02 Å². The summed E-state index contributed by atoms with van der Waals surface area (Å²) in [4.78, 5) is 13.2. The molecule has 25 heavy (non-hydrogen) atoms. The fraction of sp³-hybridized carbons (Fsp3) is 0.650. The van der Waals surface area contributed by atoms with E-state index in [1.807, 2.05) is 18.2 Å². The van der Waals surface area contributed by atoms with Crippen LogP contribution in [0.4, 0.5) is 0 Å². The molecule has 138 valence electrons. The highest BCUT2D eigenvalue weighted by Gasteiger charge is 2.43. The maximum atomic E-state index is 13.2. The minimum absolute atomic E-state index is 0. The van der Waals surface area contributed by atoms with E-state index in [1.165, 1.54) is 18.4 Å². The van der Waals surface area contributed by atoms with Crippen molar-refractivity contribution in [1.82, 2.24) is 10.6 Å². The molecule has 3 fully saturated rings. The first-order valence-electron chi connectivity index (χ1n) is 9.44. The standard InChI is InChI=1S/C20H27ClN2O.ClH/c21-15-5-3-4-14(10-15)13-20(8-1-2-9-20)19(24)23-18-11-16-6-7-17(12-18)22-16;/h3-5,10,16-18,22H,1-2,6-9,11-13H2,(H,23,24);1H. The van der Waals surface area contributed by atoms with E-state index in [4.69, 9.17) is 11.6 Å². The summed E-state index contributed by atoms with van der Waals surface area (Å²) in [7, 11) is 0. The second-order valence-electron chi connectivity index (χ2n) is 8.07. The third-order valence-corrected chi connectivity index (χ3v) is 6.52. The van der Waals surface area contributed by atoms with Crippen molar-refractivity contribution in [2.45, 2.75) is 75.9 Å². The normalized spacial score (nSPS) is 29.9. The maximum Gasteiger partial charge on any atom is 0.226 e. The van der Waals surface area contributed by atoms with Crippen LogP contribution >= 0.6 is 24.0 Å². The Morgan fingerprint density at radius 2 is 1.88 bits per heavy atom. The molecule has 1 amide bonds. The van der Waals surface area contributed by atoms with E-state index in [2.05, 4.69) is 16.7 Å². The molecule has 4 rings (SSSR count). The molecule has 2 aliphatic heterocycles. The smallest absolute Gasteiger partial charge is 0.226 e. The summed E-state index contributed by atoms with van der Waals surface area (Å²) < 4.78 is 0. The number of benzene rings is 1. The summed E-state index contributed by atoms with van der Waals surface area (Å²) in [5.41, 5.74) is 0.958. The lowest BCUT2D eigenvalue weighted by molar-refractivity contribution is -0.131. The van der Waals surface area contributed by atoms with E-state index in [-0.39, 0.29) is 23.7 Å². The van der Waals surface area contributed by atoms with Crippen LogP contribution in [0.3, 0.4) is 0 Å². The summed E-state index contributed by atoms with van der Waals surface area (Å²) >= 11 is 6.14. The van der Waals surface area contributed by atoms with Gasteiger partial charge in [-0.2, -0.15) is 0 Å². The number of carbonyl (C=O) groups is 1. The Hall–Kier alpha value is -0.770. The molecule has 2 bridgehead atoms. The number of rotatable bonds is 4. The van der Waals surface area contributed by atoms with Gasteiger partial charge in [0, 0.05) is 23.1 Å². The number of amides is 1. The summed E-state index contributed by atoms with van der Waals surface area (Å²) in [5.74, 6) is 0.284. The minimum atomic E-state index is -0.228. The first-order chi connectivity index (χ1) is 11.6. The number of nitrogens with one attached hydrogen (secondary N) is 2. The molecule has 2 N–H and O–H groups in total. The van der Waals surface area contributed by atoms with Crippen molar-refractivity contribution >= 4 is 29.9 Å². The molecule has 1 aromatic rings. The van der Waals surface area contributed by atoms with Gasteiger partial charge >= 0.3 is 0 Å². The van der Waals surface area contributed by atoms with Crippen molar-refractivity contribution in [3.05, 3.63) is 34.9 Å². The zero-order valence-electron chi connectivity index (χ0n) is 14.6. The van der Waals surface area contributed by atoms with E-state index in [1.54, 1.807) is 0 Å². The molecular weight excluding hydrogens is 355 g/mol. The van der Waals surface area contributed by atoms with Gasteiger partial charge in [-0.05, 0) is 62.6 Å². The number of hydrogen-bond acceptors (Lipinski definition) is 2. The van der Waals surface area contributed by atoms with E-state index in [0.29, 0.717) is 18.1 Å². The van der Waals surface area contributed by atoms with Crippen molar-refractivity contribution in [3.8, 4) is 0 Å². The van der Waals surface area contributed by atoms with Gasteiger partial charge in [0.05, 0.1) is 5.41 Å². The third-order valence-electron chi connectivity index (χ3n) is 6.28. The highest BCUT2D eigenvalue weighted by atomic mass is 35.5. The van der Waals surface area contributed by atoms with Gasteiger partial charge in [0.2, 0.25) is 5.91 Å². The largest absolute Gasteiger partial charge is 0.353 e. The Morgan fingerprint density at radius 3 is 2.52 bits per heavy atom.